The van der Waals surface area contributed by atoms with Gasteiger partial charge in [0.1, 0.15) is 23.9 Å². The Balaban J connectivity index is 1.40. The van der Waals surface area contributed by atoms with Crippen molar-refractivity contribution in [1.29, 1.82) is 0 Å². The molecule has 5 nitrogen and oxygen atoms in total. The number of aromatic hydroxyl groups is 1. The Kier molecular flexibility index (Phi) is 7.54. The zero-order chi connectivity index (χ0) is 24.9. The van der Waals surface area contributed by atoms with Crippen LogP contribution in [0.1, 0.15) is 41.6 Å². The number of ketones is 1. The van der Waals surface area contributed by atoms with E-state index in [1.807, 2.05) is 42.5 Å². The third kappa shape index (κ3) is 5.40. The number of benzene rings is 3. The summed E-state index contributed by atoms with van der Waals surface area (Å²) in [4.78, 5) is 17.0. The molecule has 0 aliphatic carbocycles. The summed E-state index contributed by atoms with van der Waals surface area (Å²) in [5.41, 5.74) is 2.17. The highest BCUT2D eigenvalue weighted by Gasteiger charge is 2.22. The topological polar surface area (TPSA) is 59.0 Å². The van der Waals surface area contributed by atoms with Gasteiger partial charge in [0, 0.05) is 32.6 Å². The van der Waals surface area contributed by atoms with Crippen molar-refractivity contribution in [2.75, 3.05) is 33.4 Å². The highest BCUT2D eigenvalue weighted by Crippen LogP contribution is 2.41. The summed E-state index contributed by atoms with van der Waals surface area (Å²) in [6, 6.07) is 20.2. The number of hydrogen-bond donors (Lipinski definition) is 1. The van der Waals surface area contributed by atoms with Gasteiger partial charge in [0.15, 0.2) is 5.78 Å². The number of rotatable bonds is 8. The second-order valence-electron chi connectivity index (χ2n) is 9.17. The molecule has 0 bridgehead atoms. The molecule has 5 rings (SSSR count). The molecule has 1 N–H and O–H groups in total. The van der Waals surface area contributed by atoms with E-state index in [0.29, 0.717) is 17.7 Å². The molecule has 1 fully saturated rings. The van der Waals surface area contributed by atoms with Gasteiger partial charge in [-0.25, -0.2) is 0 Å². The second kappa shape index (κ2) is 11.1. The number of carbonyl (C=O) groups is 1. The van der Waals surface area contributed by atoms with E-state index in [1.165, 1.54) is 25.7 Å². The molecule has 1 saturated heterocycles. The van der Waals surface area contributed by atoms with E-state index in [2.05, 4.69) is 4.90 Å². The lowest BCUT2D eigenvalue weighted by Gasteiger charge is -2.19. The van der Waals surface area contributed by atoms with Crippen molar-refractivity contribution in [3.63, 3.8) is 0 Å². The molecule has 0 amide bonds. The van der Waals surface area contributed by atoms with Crippen LogP contribution < -0.4 is 9.47 Å². The normalized spacial score (nSPS) is 14.5. The molecule has 0 atom stereocenters. The molecule has 186 valence electrons. The second-order valence-corrected chi connectivity index (χ2v) is 10.2. The number of phenols is 1. The van der Waals surface area contributed by atoms with E-state index < -0.39 is 0 Å². The predicted molar refractivity (Wildman–Crippen MR) is 146 cm³/mol. The SMILES string of the molecule is COc1ccc2c(C(=O)c3ccc(O)cc3)c(-c3ccc(OCCN4CCCCCC4)cc3)sc2c1. The van der Waals surface area contributed by atoms with Gasteiger partial charge in [-0.1, -0.05) is 12.8 Å². The first-order valence-electron chi connectivity index (χ1n) is 12.5. The zero-order valence-corrected chi connectivity index (χ0v) is 21.4. The van der Waals surface area contributed by atoms with Crippen LogP contribution in [0.2, 0.25) is 0 Å². The molecule has 3 aromatic carbocycles. The minimum atomic E-state index is -0.0702. The zero-order valence-electron chi connectivity index (χ0n) is 20.5. The van der Waals surface area contributed by atoms with Gasteiger partial charge >= 0.3 is 0 Å². The predicted octanol–water partition coefficient (Wildman–Crippen LogP) is 6.77. The van der Waals surface area contributed by atoms with Crippen LogP contribution in [0.5, 0.6) is 17.2 Å². The molecular formula is C30H31NO4S. The Bertz CT molecular complexity index is 1320. The van der Waals surface area contributed by atoms with Crippen LogP contribution in [0.4, 0.5) is 0 Å². The molecular weight excluding hydrogens is 470 g/mol. The molecule has 0 radical (unpaired) electrons. The lowest BCUT2D eigenvalue weighted by molar-refractivity contribution is 0.104. The minimum absolute atomic E-state index is 0.0702. The molecule has 4 aromatic rings. The molecule has 0 spiro atoms. The number of thiophene rings is 1. The molecule has 1 aliphatic rings. The average Bonchev–Trinajstić information content (AvgIpc) is 3.08. The molecule has 2 heterocycles. The van der Waals surface area contributed by atoms with Crippen molar-refractivity contribution in [2.24, 2.45) is 0 Å². The summed E-state index contributed by atoms with van der Waals surface area (Å²) >= 11 is 1.58. The first-order valence-corrected chi connectivity index (χ1v) is 13.3. The Labute approximate surface area is 215 Å². The maximum absolute atomic E-state index is 13.6. The van der Waals surface area contributed by atoms with E-state index in [4.69, 9.17) is 9.47 Å². The van der Waals surface area contributed by atoms with Gasteiger partial charge in [-0.05, 0) is 98.2 Å². The van der Waals surface area contributed by atoms with Crippen LogP contribution >= 0.6 is 11.3 Å². The number of likely N-dealkylation sites (tertiary alicyclic amines) is 1. The van der Waals surface area contributed by atoms with E-state index in [-0.39, 0.29) is 11.5 Å². The van der Waals surface area contributed by atoms with Gasteiger partial charge in [-0.2, -0.15) is 0 Å². The van der Waals surface area contributed by atoms with Crippen molar-refractivity contribution in [3.05, 3.63) is 77.9 Å². The molecule has 1 aliphatic heterocycles. The smallest absolute Gasteiger partial charge is 0.195 e. The number of hydrogen-bond acceptors (Lipinski definition) is 6. The Morgan fingerprint density at radius 2 is 1.61 bits per heavy atom. The van der Waals surface area contributed by atoms with Crippen molar-refractivity contribution in [1.82, 2.24) is 4.90 Å². The van der Waals surface area contributed by atoms with Gasteiger partial charge in [-0.15, -0.1) is 11.3 Å². The standard InChI is InChI=1S/C30H31NO4S/c1-34-25-14-15-26-27(20-25)36-30(28(26)29(33)21-6-10-23(32)11-7-21)22-8-12-24(13-9-22)35-19-18-31-16-4-2-3-5-17-31/h6-15,20,32H,2-5,16-19H2,1H3. The van der Waals surface area contributed by atoms with E-state index in [9.17, 15) is 9.90 Å². The number of methoxy groups -OCH3 is 1. The first-order chi connectivity index (χ1) is 17.6. The summed E-state index contributed by atoms with van der Waals surface area (Å²) < 4.78 is 12.4. The first kappa shape index (κ1) is 24.3. The molecule has 0 saturated carbocycles. The van der Waals surface area contributed by atoms with Crippen LogP contribution in [0, 0.1) is 0 Å². The lowest BCUT2D eigenvalue weighted by Crippen LogP contribution is -2.29. The van der Waals surface area contributed by atoms with Crippen molar-refractivity contribution >= 4 is 27.2 Å². The van der Waals surface area contributed by atoms with Crippen LogP contribution in [0.3, 0.4) is 0 Å². The maximum Gasteiger partial charge on any atom is 0.195 e. The number of carbonyl (C=O) groups excluding carboxylic acids is 1. The fraction of sp³-hybridized carbons (Fsp3) is 0.300. The van der Waals surface area contributed by atoms with Crippen LogP contribution in [0.25, 0.3) is 20.5 Å². The summed E-state index contributed by atoms with van der Waals surface area (Å²) in [7, 11) is 1.64. The number of ether oxygens (including phenoxy) is 2. The number of phenolic OH excluding ortho intramolecular Hbond substituents is 1. The monoisotopic (exact) mass is 501 g/mol. The average molecular weight is 502 g/mol. The van der Waals surface area contributed by atoms with Gasteiger partial charge in [0.05, 0.1) is 7.11 Å². The van der Waals surface area contributed by atoms with Crippen molar-refractivity contribution in [3.8, 4) is 27.7 Å². The van der Waals surface area contributed by atoms with Crippen LogP contribution in [-0.4, -0.2) is 49.1 Å². The van der Waals surface area contributed by atoms with Crippen LogP contribution in [0.15, 0.2) is 66.7 Å². The van der Waals surface area contributed by atoms with Crippen LogP contribution in [-0.2, 0) is 0 Å². The number of nitrogens with zero attached hydrogens (tertiary/aromatic N) is 1. The van der Waals surface area contributed by atoms with E-state index in [1.54, 1.807) is 42.7 Å². The molecule has 1 aromatic heterocycles. The van der Waals surface area contributed by atoms with Gasteiger partial charge in [-0.3, -0.25) is 9.69 Å². The third-order valence-corrected chi connectivity index (χ3v) is 7.95. The summed E-state index contributed by atoms with van der Waals surface area (Å²) in [6.07, 6.45) is 5.23. The summed E-state index contributed by atoms with van der Waals surface area (Å²) in [5, 5.41) is 10.6. The van der Waals surface area contributed by atoms with Gasteiger partial charge < -0.3 is 14.6 Å². The highest BCUT2D eigenvalue weighted by atomic mass is 32.1. The van der Waals surface area contributed by atoms with Gasteiger partial charge in [0.2, 0.25) is 0 Å². The minimum Gasteiger partial charge on any atom is -0.508 e. The largest absolute Gasteiger partial charge is 0.508 e. The Morgan fingerprint density at radius 1 is 0.917 bits per heavy atom. The fourth-order valence-electron chi connectivity index (χ4n) is 4.74. The van der Waals surface area contributed by atoms with E-state index >= 15 is 0 Å². The Morgan fingerprint density at radius 3 is 2.31 bits per heavy atom. The van der Waals surface area contributed by atoms with Gasteiger partial charge in [0.25, 0.3) is 0 Å². The summed E-state index contributed by atoms with van der Waals surface area (Å²) in [6.45, 7) is 3.95. The fourth-order valence-corrected chi connectivity index (χ4v) is 5.98. The lowest BCUT2D eigenvalue weighted by atomic mass is 9.97. The Hall–Kier alpha value is -3.35. The highest BCUT2D eigenvalue weighted by molar-refractivity contribution is 7.22. The van der Waals surface area contributed by atoms with E-state index in [0.717, 1.165) is 51.7 Å². The molecule has 36 heavy (non-hydrogen) atoms. The van der Waals surface area contributed by atoms with Crippen molar-refractivity contribution in [2.45, 2.75) is 25.7 Å². The summed E-state index contributed by atoms with van der Waals surface area (Å²) in [5.74, 6) is 1.66. The quantitative estimate of drug-likeness (QED) is 0.270. The molecule has 0 unspecified atom stereocenters. The van der Waals surface area contributed by atoms with Crippen molar-refractivity contribution < 1.29 is 19.4 Å². The third-order valence-electron chi connectivity index (χ3n) is 6.75. The molecule has 6 heteroatoms. The maximum atomic E-state index is 13.6. The number of fused-ring (bicyclic) bond motifs is 1.